The van der Waals surface area contributed by atoms with Crippen LogP contribution < -0.4 is 0 Å². The molecule has 0 heterocycles. The lowest BCUT2D eigenvalue weighted by Crippen LogP contribution is -2.48. The molecular formula is C10H20F3N. The minimum absolute atomic E-state index is 0.253. The van der Waals surface area contributed by atoms with Crippen LogP contribution in [0, 0.1) is 11.8 Å². The molecule has 1 atom stereocenters. The van der Waals surface area contributed by atoms with Gasteiger partial charge in [-0.05, 0) is 18.9 Å². The van der Waals surface area contributed by atoms with Crippen molar-refractivity contribution in [1.82, 2.24) is 4.90 Å². The van der Waals surface area contributed by atoms with Crippen molar-refractivity contribution in [1.29, 1.82) is 0 Å². The summed E-state index contributed by atoms with van der Waals surface area (Å²) in [5, 5.41) is 0. The van der Waals surface area contributed by atoms with Gasteiger partial charge in [0.25, 0.3) is 0 Å². The van der Waals surface area contributed by atoms with Gasteiger partial charge in [0.15, 0.2) is 0 Å². The predicted octanol–water partition coefficient (Wildman–Crippen LogP) is 3.16. The van der Waals surface area contributed by atoms with Crippen LogP contribution in [0.1, 0.15) is 27.7 Å². The van der Waals surface area contributed by atoms with Gasteiger partial charge in [-0.2, -0.15) is 13.2 Å². The van der Waals surface area contributed by atoms with E-state index >= 15 is 0 Å². The van der Waals surface area contributed by atoms with Crippen molar-refractivity contribution in [3.8, 4) is 0 Å². The summed E-state index contributed by atoms with van der Waals surface area (Å²) in [5.41, 5.74) is 0. The highest BCUT2D eigenvalue weighted by molar-refractivity contribution is 4.80. The zero-order valence-corrected chi connectivity index (χ0v) is 9.52. The van der Waals surface area contributed by atoms with Crippen molar-refractivity contribution >= 4 is 0 Å². The molecule has 0 rings (SSSR count). The van der Waals surface area contributed by atoms with Gasteiger partial charge >= 0.3 is 6.18 Å². The Kier molecular flexibility index (Phi) is 4.92. The van der Waals surface area contributed by atoms with Crippen LogP contribution in [0.2, 0.25) is 0 Å². The number of rotatable bonds is 4. The second kappa shape index (κ2) is 5.01. The molecule has 0 aliphatic carbocycles. The molecule has 0 saturated heterocycles. The highest BCUT2D eigenvalue weighted by Gasteiger charge is 2.44. The van der Waals surface area contributed by atoms with Gasteiger partial charge < -0.3 is 0 Å². The van der Waals surface area contributed by atoms with E-state index in [0.717, 1.165) is 0 Å². The molecule has 0 aromatic heterocycles. The summed E-state index contributed by atoms with van der Waals surface area (Å²) in [7, 11) is 1.54. The summed E-state index contributed by atoms with van der Waals surface area (Å²) in [6, 6.07) is -1.33. The molecule has 86 valence electrons. The Balaban J connectivity index is 4.50. The van der Waals surface area contributed by atoms with E-state index in [-0.39, 0.29) is 5.92 Å². The van der Waals surface area contributed by atoms with Gasteiger partial charge in [0, 0.05) is 6.54 Å². The molecule has 0 amide bonds. The van der Waals surface area contributed by atoms with E-state index in [0.29, 0.717) is 6.54 Å². The molecule has 0 aromatic rings. The third-order valence-electron chi connectivity index (χ3n) is 2.09. The summed E-state index contributed by atoms with van der Waals surface area (Å²) in [5.74, 6) is -0.151. The maximum atomic E-state index is 12.6. The summed E-state index contributed by atoms with van der Waals surface area (Å²) in [4.78, 5) is 1.40. The Labute approximate surface area is 84.3 Å². The second-order valence-electron chi connectivity index (χ2n) is 4.56. The first-order chi connectivity index (χ1) is 6.16. The largest absolute Gasteiger partial charge is 0.404 e. The Morgan fingerprint density at radius 3 is 1.71 bits per heavy atom. The summed E-state index contributed by atoms with van der Waals surface area (Å²) < 4.78 is 37.9. The number of hydrogen-bond donors (Lipinski definition) is 0. The molecule has 14 heavy (non-hydrogen) atoms. The lowest BCUT2D eigenvalue weighted by atomic mass is 10.0. The number of hydrogen-bond acceptors (Lipinski definition) is 1. The van der Waals surface area contributed by atoms with Gasteiger partial charge in [-0.1, -0.05) is 27.7 Å². The number of nitrogens with zero attached hydrogens (tertiary/aromatic N) is 1. The molecule has 0 aliphatic rings. The molecule has 0 bridgehead atoms. The SMILES string of the molecule is CC(C)CN(C)[C@@H](C(C)C)C(F)(F)F. The fraction of sp³-hybridized carbons (Fsp3) is 1.00. The summed E-state index contributed by atoms with van der Waals surface area (Å²) in [6.07, 6.45) is -4.13. The van der Waals surface area contributed by atoms with Gasteiger partial charge in [-0.3, -0.25) is 4.90 Å². The third kappa shape index (κ3) is 4.31. The van der Waals surface area contributed by atoms with Crippen LogP contribution >= 0.6 is 0 Å². The van der Waals surface area contributed by atoms with Gasteiger partial charge in [0.2, 0.25) is 0 Å². The second-order valence-corrected chi connectivity index (χ2v) is 4.56. The molecule has 0 unspecified atom stereocenters. The van der Waals surface area contributed by atoms with E-state index < -0.39 is 18.1 Å². The van der Waals surface area contributed by atoms with Crippen LogP contribution in [0.25, 0.3) is 0 Å². The van der Waals surface area contributed by atoms with Crippen LogP contribution in [0.5, 0.6) is 0 Å². The van der Waals surface area contributed by atoms with Crippen molar-refractivity contribution < 1.29 is 13.2 Å². The van der Waals surface area contributed by atoms with E-state index in [9.17, 15) is 13.2 Å². The minimum Gasteiger partial charge on any atom is -0.295 e. The van der Waals surface area contributed by atoms with E-state index in [1.807, 2.05) is 13.8 Å². The summed E-state index contributed by atoms with van der Waals surface area (Å²) >= 11 is 0. The zero-order chi connectivity index (χ0) is 11.5. The zero-order valence-electron chi connectivity index (χ0n) is 9.52. The number of halogens is 3. The molecule has 0 radical (unpaired) electrons. The summed E-state index contributed by atoms with van der Waals surface area (Å²) in [6.45, 7) is 7.53. The fourth-order valence-corrected chi connectivity index (χ4v) is 1.83. The molecule has 0 spiro atoms. The van der Waals surface area contributed by atoms with Crippen molar-refractivity contribution in [2.75, 3.05) is 13.6 Å². The van der Waals surface area contributed by atoms with Crippen LogP contribution in [0.4, 0.5) is 13.2 Å². The minimum atomic E-state index is -4.13. The van der Waals surface area contributed by atoms with Gasteiger partial charge in [0.1, 0.15) is 6.04 Å². The molecular weight excluding hydrogens is 191 g/mol. The lowest BCUT2D eigenvalue weighted by Gasteiger charge is -2.33. The fourth-order valence-electron chi connectivity index (χ4n) is 1.83. The predicted molar refractivity (Wildman–Crippen MR) is 52.1 cm³/mol. The van der Waals surface area contributed by atoms with Crippen LogP contribution in [-0.4, -0.2) is 30.7 Å². The Morgan fingerprint density at radius 2 is 1.50 bits per heavy atom. The first kappa shape index (κ1) is 13.8. The quantitative estimate of drug-likeness (QED) is 0.690. The molecule has 0 saturated carbocycles. The van der Waals surface area contributed by atoms with Crippen molar-refractivity contribution in [2.24, 2.45) is 11.8 Å². The van der Waals surface area contributed by atoms with Crippen molar-refractivity contribution in [3.63, 3.8) is 0 Å². The van der Waals surface area contributed by atoms with Crippen molar-refractivity contribution in [3.05, 3.63) is 0 Å². The van der Waals surface area contributed by atoms with E-state index in [2.05, 4.69) is 0 Å². The maximum absolute atomic E-state index is 12.6. The smallest absolute Gasteiger partial charge is 0.295 e. The first-order valence-electron chi connectivity index (χ1n) is 4.93. The van der Waals surface area contributed by atoms with E-state index in [1.165, 1.54) is 11.9 Å². The van der Waals surface area contributed by atoms with Gasteiger partial charge in [-0.15, -0.1) is 0 Å². The van der Waals surface area contributed by atoms with Gasteiger partial charge in [-0.25, -0.2) is 0 Å². The molecule has 1 nitrogen and oxygen atoms in total. The van der Waals surface area contributed by atoms with Crippen LogP contribution in [0.3, 0.4) is 0 Å². The molecule has 4 heteroatoms. The topological polar surface area (TPSA) is 3.24 Å². The Hall–Kier alpha value is -0.250. The lowest BCUT2D eigenvalue weighted by molar-refractivity contribution is -0.192. The third-order valence-corrected chi connectivity index (χ3v) is 2.09. The molecule has 0 aromatic carbocycles. The average molecular weight is 211 g/mol. The highest BCUT2D eigenvalue weighted by Crippen LogP contribution is 2.29. The Bertz CT molecular complexity index is 163. The monoisotopic (exact) mass is 211 g/mol. The number of alkyl halides is 3. The molecule has 0 fully saturated rings. The normalized spacial score (nSPS) is 15.6. The van der Waals surface area contributed by atoms with E-state index in [4.69, 9.17) is 0 Å². The molecule has 0 aliphatic heterocycles. The van der Waals surface area contributed by atoms with Crippen LogP contribution in [-0.2, 0) is 0 Å². The maximum Gasteiger partial charge on any atom is 0.404 e. The van der Waals surface area contributed by atoms with Crippen molar-refractivity contribution in [2.45, 2.75) is 39.9 Å². The molecule has 0 N–H and O–H groups in total. The first-order valence-corrected chi connectivity index (χ1v) is 4.93. The standard InChI is InChI=1S/C10H20F3N/c1-7(2)6-14(5)9(8(3)4)10(11,12)13/h7-9H,6H2,1-5H3/t9-/m0/s1. The van der Waals surface area contributed by atoms with Crippen LogP contribution in [0.15, 0.2) is 0 Å². The van der Waals surface area contributed by atoms with E-state index in [1.54, 1.807) is 13.8 Å². The Morgan fingerprint density at radius 1 is 1.07 bits per heavy atom. The highest BCUT2D eigenvalue weighted by atomic mass is 19.4. The van der Waals surface area contributed by atoms with Gasteiger partial charge in [0.05, 0.1) is 0 Å². The average Bonchev–Trinajstić information content (AvgIpc) is 1.78.